The zero-order valence-corrected chi connectivity index (χ0v) is 11.7. The SMILES string of the molecule is CC(C)CNCCOc1ccc2c(c1)CCCC2. The maximum atomic E-state index is 5.79. The average molecular weight is 247 g/mol. The lowest BCUT2D eigenvalue weighted by Gasteiger charge is -2.17. The quantitative estimate of drug-likeness (QED) is 0.780. The third kappa shape index (κ3) is 4.02. The fourth-order valence-corrected chi connectivity index (χ4v) is 2.43. The van der Waals surface area contributed by atoms with Crippen molar-refractivity contribution in [2.45, 2.75) is 39.5 Å². The van der Waals surface area contributed by atoms with E-state index in [0.717, 1.165) is 25.4 Å². The van der Waals surface area contributed by atoms with E-state index in [4.69, 9.17) is 4.74 Å². The van der Waals surface area contributed by atoms with E-state index in [0.29, 0.717) is 5.92 Å². The van der Waals surface area contributed by atoms with Gasteiger partial charge in [0.2, 0.25) is 0 Å². The van der Waals surface area contributed by atoms with Gasteiger partial charge in [0.05, 0.1) is 0 Å². The summed E-state index contributed by atoms with van der Waals surface area (Å²) in [7, 11) is 0. The topological polar surface area (TPSA) is 21.3 Å². The van der Waals surface area contributed by atoms with Gasteiger partial charge in [0.15, 0.2) is 0 Å². The first-order chi connectivity index (χ1) is 8.75. The molecule has 0 aromatic heterocycles. The summed E-state index contributed by atoms with van der Waals surface area (Å²) in [6, 6.07) is 6.59. The number of aryl methyl sites for hydroxylation is 2. The van der Waals surface area contributed by atoms with Crippen LogP contribution in [0.15, 0.2) is 18.2 Å². The molecular formula is C16H25NO. The summed E-state index contributed by atoms with van der Waals surface area (Å²) in [5.41, 5.74) is 3.01. The second-order valence-corrected chi connectivity index (χ2v) is 5.58. The highest BCUT2D eigenvalue weighted by atomic mass is 16.5. The van der Waals surface area contributed by atoms with E-state index < -0.39 is 0 Å². The molecule has 2 rings (SSSR count). The van der Waals surface area contributed by atoms with Gasteiger partial charge in [-0.1, -0.05) is 19.9 Å². The van der Waals surface area contributed by atoms with Crippen molar-refractivity contribution in [2.24, 2.45) is 5.92 Å². The van der Waals surface area contributed by atoms with Crippen LogP contribution >= 0.6 is 0 Å². The Labute approximate surface area is 111 Å². The Hall–Kier alpha value is -1.02. The monoisotopic (exact) mass is 247 g/mol. The lowest BCUT2D eigenvalue weighted by molar-refractivity contribution is 0.310. The number of fused-ring (bicyclic) bond motifs is 1. The fraction of sp³-hybridized carbons (Fsp3) is 0.625. The van der Waals surface area contributed by atoms with Gasteiger partial charge in [-0.2, -0.15) is 0 Å². The average Bonchev–Trinajstić information content (AvgIpc) is 2.38. The van der Waals surface area contributed by atoms with Gasteiger partial charge in [-0.3, -0.25) is 0 Å². The van der Waals surface area contributed by atoms with Crippen molar-refractivity contribution in [3.05, 3.63) is 29.3 Å². The van der Waals surface area contributed by atoms with Crippen LogP contribution in [-0.2, 0) is 12.8 Å². The van der Waals surface area contributed by atoms with E-state index >= 15 is 0 Å². The molecule has 1 aliphatic rings. The van der Waals surface area contributed by atoms with E-state index in [9.17, 15) is 0 Å². The molecule has 100 valence electrons. The summed E-state index contributed by atoms with van der Waals surface area (Å²) in [5.74, 6) is 1.73. The molecule has 1 aliphatic carbocycles. The number of nitrogens with one attached hydrogen (secondary N) is 1. The lowest BCUT2D eigenvalue weighted by atomic mass is 9.92. The molecule has 0 amide bonds. The van der Waals surface area contributed by atoms with Crippen molar-refractivity contribution in [1.29, 1.82) is 0 Å². The highest BCUT2D eigenvalue weighted by Crippen LogP contribution is 2.25. The maximum Gasteiger partial charge on any atom is 0.119 e. The van der Waals surface area contributed by atoms with Crippen molar-refractivity contribution in [3.8, 4) is 5.75 Å². The molecule has 0 radical (unpaired) electrons. The van der Waals surface area contributed by atoms with Crippen molar-refractivity contribution >= 4 is 0 Å². The Morgan fingerprint density at radius 1 is 1.17 bits per heavy atom. The van der Waals surface area contributed by atoms with E-state index in [-0.39, 0.29) is 0 Å². The zero-order valence-electron chi connectivity index (χ0n) is 11.7. The van der Waals surface area contributed by atoms with E-state index in [1.165, 1.54) is 36.8 Å². The molecule has 1 N–H and O–H groups in total. The molecule has 0 unspecified atom stereocenters. The molecule has 1 aromatic rings. The molecule has 0 spiro atoms. The predicted octanol–water partition coefficient (Wildman–Crippen LogP) is 3.19. The fourth-order valence-electron chi connectivity index (χ4n) is 2.43. The Morgan fingerprint density at radius 3 is 2.72 bits per heavy atom. The van der Waals surface area contributed by atoms with Gasteiger partial charge in [0.1, 0.15) is 12.4 Å². The van der Waals surface area contributed by atoms with Crippen LogP contribution in [0, 0.1) is 5.92 Å². The number of hydrogen-bond acceptors (Lipinski definition) is 2. The number of rotatable bonds is 6. The third-order valence-corrected chi connectivity index (χ3v) is 3.42. The van der Waals surface area contributed by atoms with E-state index in [1.807, 2.05) is 0 Å². The molecule has 0 saturated heterocycles. The van der Waals surface area contributed by atoms with Crippen LogP contribution in [0.5, 0.6) is 5.75 Å². The van der Waals surface area contributed by atoms with Gasteiger partial charge in [0.25, 0.3) is 0 Å². The van der Waals surface area contributed by atoms with Crippen molar-refractivity contribution < 1.29 is 4.74 Å². The van der Waals surface area contributed by atoms with E-state index in [1.54, 1.807) is 0 Å². The first-order valence-corrected chi connectivity index (χ1v) is 7.21. The molecule has 0 fully saturated rings. The number of hydrogen-bond donors (Lipinski definition) is 1. The molecule has 2 nitrogen and oxygen atoms in total. The van der Waals surface area contributed by atoms with Crippen LogP contribution in [-0.4, -0.2) is 19.7 Å². The number of ether oxygens (including phenoxy) is 1. The standard InChI is InChI=1S/C16H25NO/c1-13(2)12-17-9-10-18-16-8-7-14-5-3-4-6-15(14)11-16/h7-8,11,13,17H,3-6,9-10,12H2,1-2H3. The Kier molecular flexibility index (Phi) is 5.06. The van der Waals surface area contributed by atoms with Crippen LogP contribution in [0.3, 0.4) is 0 Å². The smallest absolute Gasteiger partial charge is 0.119 e. The Balaban J connectivity index is 1.76. The van der Waals surface area contributed by atoms with E-state index in [2.05, 4.69) is 37.4 Å². The van der Waals surface area contributed by atoms with Gasteiger partial charge < -0.3 is 10.1 Å². The van der Waals surface area contributed by atoms with Crippen LogP contribution < -0.4 is 10.1 Å². The van der Waals surface area contributed by atoms with Crippen LogP contribution in [0.2, 0.25) is 0 Å². The largest absolute Gasteiger partial charge is 0.492 e. The first-order valence-electron chi connectivity index (χ1n) is 7.21. The number of benzene rings is 1. The second kappa shape index (κ2) is 6.79. The second-order valence-electron chi connectivity index (χ2n) is 5.58. The highest BCUT2D eigenvalue weighted by molar-refractivity contribution is 5.37. The molecule has 1 aromatic carbocycles. The third-order valence-electron chi connectivity index (χ3n) is 3.42. The summed E-state index contributed by atoms with van der Waals surface area (Å²) in [6.45, 7) is 7.18. The van der Waals surface area contributed by atoms with Crippen LogP contribution in [0.4, 0.5) is 0 Å². The molecule has 0 bridgehead atoms. The zero-order chi connectivity index (χ0) is 12.8. The summed E-state index contributed by atoms with van der Waals surface area (Å²) >= 11 is 0. The summed E-state index contributed by atoms with van der Waals surface area (Å²) < 4.78 is 5.79. The van der Waals surface area contributed by atoms with Gasteiger partial charge in [-0.15, -0.1) is 0 Å². The Bertz CT molecular complexity index is 373. The minimum absolute atomic E-state index is 0.703. The molecule has 0 saturated carbocycles. The van der Waals surface area contributed by atoms with Crippen LogP contribution in [0.1, 0.15) is 37.8 Å². The lowest BCUT2D eigenvalue weighted by Crippen LogP contribution is -2.25. The first kappa shape index (κ1) is 13.4. The van der Waals surface area contributed by atoms with Crippen molar-refractivity contribution in [2.75, 3.05) is 19.7 Å². The Morgan fingerprint density at radius 2 is 1.94 bits per heavy atom. The molecule has 18 heavy (non-hydrogen) atoms. The van der Waals surface area contributed by atoms with Gasteiger partial charge in [0, 0.05) is 6.54 Å². The molecule has 0 heterocycles. The van der Waals surface area contributed by atoms with Gasteiger partial charge in [-0.05, 0) is 61.4 Å². The predicted molar refractivity (Wildman–Crippen MR) is 76.3 cm³/mol. The summed E-state index contributed by atoms with van der Waals surface area (Å²) in [6.07, 6.45) is 5.13. The summed E-state index contributed by atoms with van der Waals surface area (Å²) in [5, 5.41) is 3.39. The minimum atomic E-state index is 0.703. The molecular weight excluding hydrogens is 222 g/mol. The molecule has 0 aliphatic heterocycles. The van der Waals surface area contributed by atoms with Gasteiger partial charge >= 0.3 is 0 Å². The maximum absolute atomic E-state index is 5.79. The summed E-state index contributed by atoms with van der Waals surface area (Å²) in [4.78, 5) is 0. The minimum Gasteiger partial charge on any atom is -0.492 e. The van der Waals surface area contributed by atoms with Crippen molar-refractivity contribution in [1.82, 2.24) is 5.32 Å². The highest BCUT2D eigenvalue weighted by Gasteiger charge is 2.09. The van der Waals surface area contributed by atoms with Gasteiger partial charge in [-0.25, -0.2) is 0 Å². The normalized spacial score (nSPS) is 14.6. The van der Waals surface area contributed by atoms with Crippen molar-refractivity contribution in [3.63, 3.8) is 0 Å². The molecule has 0 atom stereocenters. The molecule has 2 heteroatoms. The van der Waals surface area contributed by atoms with Crippen LogP contribution in [0.25, 0.3) is 0 Å².